The molecule has 0 heterocycles. The molecule has 1 atom stereocenters. The molecule has 0 radical (unpaired) electrons. The summed E-state index contributed by atoms with van der Waals surface area (Å²) in [5.41, 5.74) is 0.854. The molecule has 0 spiro atoms. The summed E-state index contributed by atoms with van der Waals surface area (Å²) >= 11 is 0. The summed E-state index contributed by atoms with van der Waals surface area (Å²) in [6.45, 7) is 3.89. The van der Waals surface area contributed by atoms with Gasteiger partial charge in [0.2, 0.25) is 0 Å². The Balaban J connectivity index is 2.61. The van der Waals surface area contributed by atoms with E-state index in [9.17, 15) is 12.8 Å². The van der Waals surface area contributed by atoms with Crippen LogP contribution in [-0.2, 0) is 9.84 Å². The van der Waals surface area contributed by atoms with Crippen LogP contribution in [0.2, 0.25) is 0 Å². The summed E-state index contributed by atoms with van der Waals surface area (Å²) in [4.78, 5) is 0. The van der Waals surface area contributed by atoms with E-state index >= 15 is 0 Å². The Morgan fingerprint density at radius 1 is 1.42 bits per heavy atom. The van der Waals surface area contributed by atoms with Crippen molar-refractivity contribution in [1.82, 2.24) is 5.32 Å². The second kappa shape index (κ2) is 6.86. The first kappa shape index (κ1) is 15.9. The van der Waals surface area contributed by atoms with Crippen LogP contribution in [0.4, 0.5) is 4.39 Å². The van der Waals surface area contributed by atoms with Gasteiger partial charge in [0.05, 0.1) is 12.9 Å². The van der Waals surface area contributed by atoms with Crippen molar-refractivity contribution < 1.29 is 17.5 Å². The van der Waals surface area contributed by atoms with Gasteiger partial charge in [-0.2, -0.15) is 0 Å². The monoisotopic (exact) mass is 289 g/mol. The van der Waals surface area contributed by atoms with Crippen molar-refractivity contribution in [3.8, 4) is 5.75 Å². The molecule has 0 aliphatic carbocycles. The minimum Gasteiger partial charge on any atom is -0.494 e. The predicted molar refractivity (Wildman–Crippen MR) is 73.7 cm³/mol. The largest absolute Gasteiger partial charge is 0.494 e. The first-order chi connectivity index (χ1) is 8.89. The number of sulfone groups is 1. The van der Waals surface area contributed by atoms with Crippen LogP contribution in [0.5, 0.6) is 5.75 Å². The molecule has 0 aliphatic heterocycles. The quantitative estimate of drug-likeness (QED) is 0.833. The summed E-state index contributed by atoms with van der Waals surface area (Å²) in [5.74, 6) is 0.0268. The Hall–Kier alpha value is -1.14. The number of halogens is 1. The van der Waals surface area contributed by atoms with E-state index in [4.69, 9.17) is 4.74 Å². The lowest BCUT2D eigenvalue weighted by Crippen LogP contribution is -2.26. The van der Waals surface area contributed by atoms with Crippen molar-refractivity contribution in [3.05, 3.63) is 29.6 Å². The van der Waals surface area contributed by atoms with Gasteiger partial charge in [-0.15, -0.1) is 0 Å². The van der Waals surface area contributed by atoms with E-state index in [1.54, 1.807) is 19.1 Å². The van der Waals surface area contributed by atoms with Crippen molar-refractivity contribution in [2.24, 2.45) is 0 Å². The van der Waals surface area contributed by atoms with Gasteiger partial charge in [-0.05, 0) is 24.6 Å². The highest BCUT2D eigenvalue weighted by Gasteiger charge is 2.11. The van der Waals surface area contributed by atoms with Crippen LogP contribution in [0.3, 0.4) is 0 Å². The number of methoxy groups -OCH3 is 1. The second-order valence-corrected chi connectivity index (χ2v) is 6.78. The van der Waals surface area contributed by atoms with Gasteiger partial charge in [0.25, 0.3) is 0 Å². The first-order valence-corrected chi connectivity index (χ1v) is 7.99. The zero-order chi connectivity index (χ0) is 14.5. The Bertz CT molecular complexity index is 517. The van der Waals surface area contributed by atoms with Gasteiger partial charge in [-0.25, -0.2) is 12.8 Å². The van der Waals surface area contributed by atoms with Gasteiger partial charge in [-0.3, -0.25) is 0 Å². The molecule has 0 aromatic heterocycles. The molecule has 0 saturated heterocycles. The van der Waals surface area contributed by atoms with Crippen molar-refractivity contribution in [3.63, 3.8) is 0 Å². The molecule has 1 rings (SSSR count). The van der Waals surface area contributed by atoms with Crippen molar-refractivity contribution in [2.75, 3.05) is 25.2 Å². The molecule has 1 aromatic carbocycles. The maximum Gasteiger partial charge on any atom is 0.165 e. The summed E-state index contributed by atoms with van der Waals surface area (Å²) < 4.78 is 40.9. The molecule has 6 heteroatoms. The molecule has 1 N–H and O–H groups in total. The number of nitrogens with one attached hydrogen (secondary N) is 1. The van der Waals surface area contributed by atoms with Crippen LogP contribution >= 0.6 is 0 Å². The Morgan fingerprint density at radius 2 is 2.11 bits per heavy atom. The Labute approximate surface area is 113 Å². The van der Waals surface area contributed by atoms with Crippen LogP contribution in [0.15, 0.2) is 18.2 Å². The van der Waals surface area contributed by atoms with Crippen LogP contribution in [0, 0.1) is 5.82 Å². The van der Waals surface area contributed by atoms with E-state index in [-0.39, 0.29) is 23.3 Å². The Kier molecular flexibility index (Phi) is 5.75. The maximum absolute atomic E-state index is 13.3. The zero-order valence-electron chi connectivity index (χ0n) is 11.4. The number of ether oxygens (including phenoxy) is 1. The third-order valence-electron chi connectivity index (χ3n) is 2.98. The normalized spacial score (nSPS) is 13.3. The van der Waals surface area contributed by atoms with Crippen molar-refractivity contribution >= 4 is 9.84 Å². The SMILES string of the molecule is CCS(=O)(=O)CCNC(C)c1ccc(F)c(OC)c1. The second-order valence-electron chi connectivity index (χ2n) is 4.31. The van der Waals surface area contributed by atoms with Gasteiger partial charge >= 0.3 is 0 Å². The molecule has 0 aliphatic rings. The molecule has 19 heavy (non-hydrogen) atoms. The van der Waals surface area contributed by atoms with E-state index in [0.717, 1.165) is 5.56 Å². The number of hydrogen-bond donors (Lipinski definition) is 1. The van der Waals surface area contributed by atoms with Gasteiger partial charge in [0.1, 0.15) is 0 Å². The molecule has 0 saturated carbocycles. The topological polar surface area (TPSA) is 55.4 Å². The third kappa shape index (κ3) is 4.80. The van der Waals surface area contributed by atoms with Gasteiger partial charge in [0, 0.05) is 18.3 Å². The highest BCUT2D eigenvalue weighted by molar-refractivity contribution is 7.91. The van der Waals surface area contributed by atoms with E-state index in [1.807, 2.05) is 6.92 Å². The lowest BCUT2D eigenvalue weighted by atomic mass is 10.1. The summed E-state index contributed by atoms with van der Waals surface area (Å²) in [6.07, 6.45) is 0. The van der Waals surface area contributed by atoms with Gasteiger partial charge in [0.15, 0.2) is 21.4 Å². The van der Waals surface area contributed by atoms with E-state index < -0.39 is 15.7 Å². The van der Waals surface area contributed by atoms with E-state index in [0.29, 0.717) is 6.54 Å². The molecular weight excluding hydrogens is 269 g/mol. The third-order valence-corrected chi connectivity index (χ3v) is 4.68. The van der Waals surface area contributed by atoms with Gasteiger partial charge < -0.3 is 10.1 Å². The van der Waals surface area contributed by atoms with Crippen LogP contribution in [-0.4, -0.2) is 33.6 Å². The first-order valence-electron chi connectivity index (χ1n) is 6.17. The molecule has 0 bridgehead atoms. The average molecular weight is 289 g/mol. The fourth-order valence-electron chi connectivity index (χ4n) is 1.64. The van der Waals surface area contributed by atoms with Gasteiger partial charge in [-0.1, -0.05) is 13.0 Å². The summed E-state index contributed by atoms with van der Waals surface area (Å²) in [5, 5.41) is 3.10. The fourth-order valence-corrected chi connectivity index (χ4v) is 2.36. The summed E-state index contributed by atoms with van der Waals surface area (Å²) in [7, 11) is -1.55. The average Bonchev–Trinajstić information content (AvgIpc) is 2.39. The van der Waals surface area contributed by atoms with Crippen LogP contribution in [0.1, 0.15) is 25.5 Å². The fraction of sp³-hybridized carbons (Fsp3) is 0.538. The van der Waals surface area contributed by atoms with Crippen LogP contribution < -0.4 is 10.1 Å². The zero-order valence-corrected chi connectivity index (χ0v) is 12.3. The molecule has 108 valence electrons. The highest BCUT2D eigenvalue weighted by Crippen LogP contribution is 2.22. The smallest absolute Gasteiger partial charge is 0.165 e. The number of rotatable bonds is 7. The van der Waals surface area contributed by atoms with E-state index in [2.05, 4.69) is 5.32 Å². The van der Waals surface area contributed by atoms with Crippen molar-refractivity contribution in [2.45, 2.75) is 19.9 Å². The number of benzene rings is 1. The number of hydrogen-bond acceptors (Lipinski definition) is 4. The molecule has 4 nitrogen and oxygen atoms in total. The molecule has 1 unspecified atom stereocenters. The minimum atomic E-state index is -2.96. The van der Waals surface area contributed by atoms with Crippen molar-refractivity contribution in [1.29, 1.82) is 0 Å². The summed E-state index contributed by atoms with van der Waals surface area (Å²) in [6, 6.07) is 4.54. The standard InChI is InChI=1S/C13H20FNO3S/c1-4-19(16,17)8-7-15-10(2)11-5-6-12(14)13(9-11)18-3/h5-6,9-10,15H,4,7-8H2,1-3H3. The van der Waals surface area contributed by atoms with Crippen LogP contribution in [0.25, 0.3) is 0 Å². The predicted octanol–water partition coefficient (Wildman–Crippen LogP) is 1.92. The molecule has 0 amide bonds. The van der Waals surface area contributed by atoms with E-state index in [1.165, 1.54) is 13.2 Å². The maximum atomic E-state index is 13.3. The molecular formula is C13H20FNO3S. The lowest BCUT2D eigenvalue weighted by molar-refractivity contribution is 0.385. The highest BCUT2D eigenvalue weighted by atomic mass is 32.2. The molecule has 1 aromatic rings. The minimum absolute atomic E-state index is 0.0680. The lowest BCUT2D eigenvalue weighted by Gasteiger charge is -2.15. The molecule has 0 fully saturated rings. The Morgan fingerprint density at radius 3 is 2.68 bits per heavy atom.